The Hall–Kier alpha value is -2.85. The van der Waals surface area contributed by atoms with Crippen molar-refractivity contribution in [3.63, 3.8) is 0 Å². The second kappa shape index (κ2) is 7.81. The molecule has 0 aromatic heterocycles. The quantitative estimate of drug-likeness (QED) is 0.738. The Morgan fingerprint density at radius 2 is 1.64 bits per heavy atom. The lowest BCUT2D eigenvalue weighted by Gasteiger charge is -2.08. The minimum absolute atomic E-state index is 0.0844. The molecule has 0 saturated heterocycles. The van der Waals surface area contributed by atoms with Crippen LogP contribution >= 0.6 is 11.6 Å². The molecule has 126 valence electrons. The van der Waals surface area contributed by atoms with Crippen LogP contribution in [0.1, 0.15) is 15.9 Å². The average molecular weight is 353 g/mol. The maximum Gasteiger partial charge on any atom is 0.251 e. The zero-order valence-corrected chi connectivity index (χ0v) is 14.2. The van der Waals surface area contributed by atoms with Gasteiger partial charge in [0.25, 0.3) is 5.91 Å². The van der Waals surface area contributed by atoms with Crippen molar-refractivity contribution in [1.29, 1.82) is 0 Å². The predicted octanol–water partition coefficient (Wildman–Crippen LogP) is 3.54. The van der Waals surface area contributed by atoms with E-state index in [1.165, 1.54) is 0 Å². The molecule has 0 fully saturated rings. The van der Waals surface area contributed by atoms with E-state index in [1.54, 1.807) is 24.3 Å². The molecule has 0 spiro atoms. The van der Waals surface area contributed by atoms with Crippen LogP contribution in [0.3, 0.4) is 0 Å². The molecule has 4 nitrogen and oxygen atoms in total. The average Bonchev–Trinajstić information content (AvgIpc) is 2.64. The van der Waals surface area contributed by atoms with Crippen LogP contribution in [-0.4, -0.2) is 18.4 Å². The fourth-order valence-electron chi connectivity index (χ4n) is 2.50. The van der Waals surface area contributed by atoms with Crippen LogP contribution in [0.2, 0.25) is 5.02 Å². The van der Waals surface area contributed by atoms with Gasteiger partial charge in [0.2, 0.25) is 5.91 Å². The first kappa shape index (κ1) is 17.0. The van der Waals surface area contributed by atoms with Gasteiger partial charge in [-0.1, -0.05) is 54.1 Å². The van der Waals surface area contributed by atoms with Crippen LogP contribution < -0.4 is 10.6 Å². The van der Waals surface area contributed by atoms with E-state index in [1.807, 2.05) is 42.5 Å². The lowest BCUT2D eigenvalue weighted by molar-refractivity contribution is -0.120. The van der Waals surface area contributed by atoms with Crippen molar-refractivity contribution in [2.45, 2.75) is 6.54 Å². The fourth-order valence-corrected chi connectivity index (χ4v) is 2.69. The highest BCUT2D eigenvalue weighted by molar-refractivity contribution is 6.30. The summed E-state index contributed by atoms with van der Waals surface area (Å²) < 4.78 is 0. The molecule has 3 aromatic carbocycles. The number of hydrogen-bond acceptors (Lipinski definition) is 2. The Bertz CT molecular complexity index is 924. The van der Waals surface area contributed by atoms with Crippen LogP contribution in [0.4, 0.5) is 0 Å². The number of amides is 2. The number of nitrogens with one attached hydrogen (secondary N) is 2. The van der Waals surface area contributed by atoms with Crippen LogP contribution in [0.5, 0.6) is 0 Å². The van der Waals surface area contributed by atoms with Crippen molar-refractivity contribution in [2.75, 3.05) is 6.54 Å². The third kappa shape index (κ3) is 4.58. The number of benzene rings is 3. The second-order valence-corrected chi connectivity index (χ2v) is 6.09. The molecule has 0 unspecified atom stereocenters. The van der Waals surface area contributed by atoms with Crippen LogP contribution in [0, 0.1) is 0 Å². The molecule has 0 aliphatic heterocycles. The van der Waals surface area contributed by atoms with E-state index < -0.39 is 0 Å². The molecule has 0 aliphatic carbocycles. The maximum atomic E-state index is 12.0. The Balaban J connectivity index is 1.51. The van der Waals surface area contributed by atoms with E-state index in [-0.39, 0.29) is 18.4 Å². The molecule has 0 aliphatic rings. The lowest BCUT2D eigenvalue weighted by atomic mass is 10.1. The van der Waals surface area contributed by atoms with E-state index in [9.17, 15) is 9.59 Å². The van der Waals surface area contributed by atoms with E-state index in [0.717, 1.165) is 16.3 Å². The molecular weight excluding hydrogens is 336 g/mol. The summed E-state index contributed by atoms with van der Waals surface area (Å²) in [7, 11) is 0. The third-order valence-electron chi connectivity index (χ3n) is 3.80. The number of fused-ring (bicyclic) bond motifs is 1. The minimum Gasteiger partial charge on any atom is -0.350 e. The molecule has 5 heteroatoms. The smallest absolute Gasteiger partial charge is 0.251 e. The molecular formula is C20H17ClN2O2. The van der Waals surface area contributed by atoms with Crippen LogP contribution in [0.15, 0.2) is 66.7 Å². The number of carbonyl (C=O) groups excluding carboxylic acids is 2. The first-order chi connectivity index (χ1) is 12.1. The highest BCUT2D eigenvalue weighted by Crippen LogP contribution is 2.15. The summed E-state index contributed by atoms with van der Waals surface area (Å²) in [6.45, 7) is 0.329. The number of halogens is 1. The molecule has 0 bridgehead atoms. The van der Waals surface area contributed by atoms with Gasteiger partial charge in [-0.15, -0.1) is 0 Å². The zero-order valence-electron chi connectivity index (χ0n) is 13.5. The predicted molar refractivity (Wildman–Crippen MR) is 99.6 cm³/mol. The largest absolute Gasteiger partial charge is 0.350 e. The van der Waals surface area contributed by atoms with Gasteiger partial charge in [-0.2, -0.15) is 0 Å². The highest BCUT2D eigenvalue weighted by Gasteiger charge is 2.08. The number of rotatable bonds is 5. The summed E-state index contributed by atoms with van der Waals surface area (Å²) in [5.74, 6) is -0.577. The molecule has 2 amide bonds. The minimum atomic E-state index is -0.330. The zero-order chi connectivity index (χ0) is 17.6. The molecule has 3 aromatic rings. The molecule has 0 heterocycles. The van der Waals surface area contributed by atoms with Gasteiger partial charge in [0.15, 0.2) is 0 Å². The van der Waals surface area contributed by atoms with Gasteiger partial charge in [-0.3, -0.25) is 9.59 Å². The van der Waals surface area contributed by atoms with Crippen molar-refractivity contribution in [3.05, 3.63) is 82.9 Å². The van der Waals surface area contributed by atoms with Crippen LogP contribution in [-0.2, 0) is 11.3 Å². The van der Waals surface area contributed by atoms with Crippen LogP contribution in [0.25, 0.3) is 10.8 Å². The molecule has 0 saturated carbocycles. The van der Waals surface area contributed by atoms with Crippen molar-refractivity contribution in [2.24, 2.45) is 0 Å². The van der Waals surface area contributed by atoms with Crippen molar-refractivity contribution >= 4 is 34.2 Å². The summed E-state index contributed by atoms with van der Waals surface area (Å²) >= 11 is 5.85. The third-order valence-corrected chi connectivity index (χ3v) is 4.03. The first-order valence-electron chi connectivity index (χ1n) is 7.90. The molecule has 2 N–H and O–H groups in total. The lowest BCUT2D eigenvalue weighted by Crippen LogP contribution is -2.36. The monoisotopic (exact) mass is 352 g/mol. The molecule has 25 heavy (non-hydrogen) atoms. The van der Waals surface area contributed by atoms with Gasteiger partial charge in [0, 0.05) is 17.1 Å². The summed E-state index contributed by atoms with van der Waals surface area (Å²) in [6, 6.07) is 20.7. The summed E-state index contributed by atoms with van der Waals surface area (Å²) in [5.41, 5.74) is 1.43. The maximum absolute atomic E-state index is 12.0. The topological polar surface area (TPSA) is 58.2 Å². The molecule has 0 radical (unpaired) electrons. The highest BCUT2D eigenvalue weighted by atomic mass is 35.5. The SMILES string of the molecule is O=C(CNC(=O)c1cccc(Cl)c1)NCc1ccc2ccccc2c1. The van der Waals surface area contributed by atoms with Gasteiger partial charge in [0.05, 0.1) is 6.54 Å². The van der Waals surface area contributed by atoms with Crippen molar-refractivity contribution < 1.29 is 9.59 Å². The number of carbonyl (C=O) groups is 2. The van der Waals surface area contributed by atoms with Gasteiger partial charge in [-0.25, -0.2) is 0 Å². The Kier molecular flexibility index (Phi) is 5.31. The van der Waals surface area contributed by atoms with E-state index >= 15 is 0 Å². The van der Waals surface area contributed by atoms with Gasteiger partial charge < -0.3 is 10.6 Å². The van der Waals surface area contributed by atoms with Gasteiger partial charge in [0.1, 0.15) is 0 Å². The Morgan fingerprint density at radius 1 is 0.840 bits per heavy atom. The summed E-state index contributed by atoms with van der Waals surface area (Å²) in [5, 5.41) is 8.15. The van der Waals surface area contributed by atoms with Gasteiger partial charge in [-0.05, 0) is 40.6 Å². The first-order valence-corrected chi connectivity index (χ1v) is 8.28. The Morgan fingerprint density at radius 3 is 2.44 bits per heavy atom. The normalized spacial score (nSPS) is 10.4. The van der Waals surface area contributed by atoms with Crippen molar-refractivity contribution in [1.82, 2.24) is 10.6 Å². The number of hydrogen-bond donors (Lipinski definition) is 2. The summed E-state index contributed by atoms with van der Waals surface area (Å²) in [4.78, 5) is 23.9. The van der Waals surface area contributed by atoms with E-state index in [0.29, 0.717) is 17.1 Å². The second-order valence-electron chi connectivity index (χ2n) is 5.65. The Labute approximate surface area is 150 Å². The van der Waals surface area contributed by atoms with Gasteiger partial charge >= 0.3 is 0 Å². The van der Waals surface area contributed by atoms with E-state index in [4.69, 9.17) is 11.6 Å². The van der Waals surface area contributed by atoms with E-state index in [2.05, 4.69) is 10.6 Å². The molecule has 0 atom stereocenters. The van der Waals surface area contributed by atoms with Crippen molar-refractivity contribution in [3.8, 4) is 0 Å². The fraction of sp³-hybridized carbons (Fsp3) is 0.100. The standard InChI is InChI=1S/C20H17ClN2O2/c21-18-7-3-6-17(11-18)20(25)23-13-19(24)22-12-14-8-9-15-4-1-2-5-16(15)10-14/h1-11H,12-13H2,(H,22,24)(H,23,25). The summed E-state index contributed by atoms with van der Waals surface area (Å²) in [6.07, 6.45) is 0. The molecule has 3 rings (SSSR count).